The first-order valence-corrected chi connectivity index (χ1v) is 19.1. The summed E-state index contributed by atoms with van der Waals surface area (Å²) in [4.78, 5) is 58.2. The van der Waals surface area contributed by atoms with Crippen LogP contribution in [0.15, 0.2) is 45.3 Å². The third-order valence-corrected chi connectivity index (χ3v) is 13.0. The average Bonchev–Trinajstić information content (AvgIpc) is 3.26. The number of carboxylic acids is 1. The normalized spacial score (nSPS) is 27.3. The van der Waals surface area contributed by atoms with Crippen LogP contribution in [0.2, 0.25) is 0 Å². The molecule has 0 radical (unpaired) electrons. The fourth-order valence-corrected chi connectivity index (χ4v) is 10.4. The van der Waals surface area contributed by atoms with Gasteiger partial charge in [-0.25, -0.2) is 9.28 Å². The molecule has 50 heavy (non-hydrogen) atoms. The molecule has 2 unspecified atom stereocenters. The Morgan fingerprint density at radius 3 is 2.28 bits per heavy atom. The van der Waals surface area contributed by atoms with Crippen LogP contribution in [0.4, 0.5) is 15.3 Å². The zero-order chi connectivity index (χ0) is 35.6. The molecule has 0 bridgehead atoms. The van der Waals surface area contributed by atoms with Crippen LogP contribution in [-0.4, -0.2) is 116 Å². The highest BCUT2D eigenvalue weighted by Gasteiger charge is 2.64. The number of nitrogens with one attached hydrogen (secondary N) is 1. The smallest absolute Gasteiger partial charge is 0.506 e. The summed E-state index contributed by atoms with van der Waals surface area (Å²) in [5.74, 6) is -0.538. The molecular weight excluding hydrogens is 774 g/mol. The number of carbonyl (C=O) groups is 4. The lowest BCUT2D eigenvalue weighted by Crippen LogP contribution is -2.78. The SMILES string of the molecule is O=CCC1(N2CCC(N3CCC(CC(=O)O)CC3)CC2)CC(N2CCc3ccccc3NC2=O)CC[N@+]1(Cc1cc(Br)c(O)c(Br)c1)C(=O)O. The number of aromatic hydroxyl groups is 1. The molecule has 12 nitrogen and oxygen atoms in total. The van der Waals surface area contributed by atoms with E-state index in [1.54, 1.807) is 12.1 Å². The number of phenolic OH excluding ortho intramolecular Hbond substituents is 1. The van der Waals surface area contributed by atoms with Crippen molar-refractivity contribution < 1.29 is 39.0 Å². The zero-order valence-electron chi connectivity index (χ0n) is 28.1. The fourth-order valence-electron chi connectivity index (χ4n) is 9.16. The van der Waals surface area contributed by atoms with Gasteiger partial charge in [0.25, 0.3) is 0 Å². The molecule has 0 spiro atoms. The predicted molar refractivity (Wildman–Crippen MR) is 194 cm³/mol. The number of likely N-dealkylation sites (tertiary alicyclic amines) is 3. The van der Waals surface area contributed by atoms with Gasteiger partial charge in [-0.3, -0.25) is 9.69 Å². The summed E-state index contributed by atoms with van der Waals surface area (Å²) in [6.45, 7) is 3.64. The topological polar surface area (TPSA) is 151 Å². The van der Waals surface area contributed by atoms with Crippen molar-refractivity contribution in [3.05, 3.63) is 56.5 Å². The number of benzene rings is 2. The van der Waals surface area contributed by atoms with Crippen molar-refractivity contribution in [2.75, 3.05) is 44.6 Å². The van der Waals surface area contributed by atoms with Gasteiger partial charge in [0.2, 0.25) is 0 Å². The molecule has 4 aliphatic heterocycles. The van der Waals surface area contributed by atoms with Gasteiger partial charge in [-0.15, -0.1) is 0 Å². The number of rotatable bonds is 9. The quantitative estimate of drug-likeness (QED) is 0.174. The average molecular weight is 821 g/mol. The number of phenols is 1. The molecule has 270 valence electrons. The summed E-state index contributed by atoms with van der Waals surface area (Å²) in [5, 5.41) is 34.1. The number of carboxylic acid groups (broad SMARTS) is 2. The van der Waals surface area contributed by atoms with E-state index in [1.807, 2.05) is 29.2 Å². The summed E-state index contributed by atoms with van der Waals surface area (Å²) in [5.41, 5.74) is 1.38. The summed E-state index contributed by atoms with van der Waals surface area (Å²) in [7, 11) is 0. The number of hydrogen-bond acceptors (Lipinski definition) is 7. The second kappa shape index (κ2) is 15.3. The van der Waals surface area contributed by atoms with Crippen molar-refractivity contribution in [1.29, 1.82) is 0 Å². The van der Waals surface area contributed by atoms with Crippen molar-refractivity contribution >= 4 is 61.9 Å². The molecule has 0 saturated carbocycles. The maximum Gasteiger partial charge on any atom is 0.515 e. The molecule has 3 saturated heterocycles. The molecule has 2 aromatic carbocycles. The van der Waals surface area contributed by atoms with Crippen LogP contribution in [0.1, 0.15) is 62.5 Å². The van der Waals surface area contributed by atoms with Gasteiger partial charge in [0.1, 0.15) is 18.6 Å². The molecule has 2 aromatic rings. The molecule has 3 amide bonds. The number of urea groups is 1. The number of aliphatic carboxylic acids is 1. The standard InChI is InChI=1S/C36H45Br2N5O7/c37-29-19-25(20-30(38)33(29)47)23-43(35(49)50)17-10-28(42-16-7-26-3-1-2-4-31(26)39-34(42)48)22-36(43,11-18-44)41-14-8-27(9-15-41)40-12-5-24(6-13-40)21-32(45)46/h1-4,18-20,24,27-28H,5-17,21-23H2,(H3-,39,45,46,47,48,49,50)/p+1/t28?,36?,43-/m0/s1. The van der Waals surface area contributed by atoms with E-state index in [0.717, 1.165) is 56.3 Å². The van der Waals surface area contributed by atoms with Crippen molar-refractivity contribution in [3.8, 4) is 5.75 Å². The van der Waals surface area contributed by atoms with E-state index < -0.39 is 22.2 Å². The molecule has 6 rings (SSSR count). The molecule has 14 heteroatoms. The largest absolute Gasteiger partial charge is 0.515 e. The van der Waals surface area contributed by atoms with Crippen LogP contribution in [-0.2, 0) is 22.6 Å². The van der Waals surface area contributed by atoms with Gasteiger partial charge in [0, 0.05) is 62.2 Å². The van der Waals surface area contributed by atoms with Crippen LogP contribution in [0.25, 0.3) is 0 Å². The summed E-state index contributed by atoms with van der Waals surface area (Å²) >= 11 is 6.83. The van der Waals surface area contributed by atoms with Crippen LogP contribution in [0, 0.1) is 5.92 Å². The van der Waals surface area contributed by atoms with E-state index in [2.05, 4.69) is 47.0 Å². The van der Waals surface area contributed by atoms with E-state index >= 15 is 0 Å². The Bertz CT molecular complexity index is 1590. The van der Waals surface area contributed by atoms with Gasteiger partial charge < -0.3 is 35.2 Å². The van der Waals surface area contributed by atoms with Gasteiger partial charge in [0.15, 0.2) is 5.66 Å². The highest BCUT2D eigenvalue weighted by molar-refractivity contribution is 9.11. The first-order chi connectivity index (χ1) is 24.0. The van der Waals surface area contributed by atoms with Gasteiger partial charge in [-0.05, 0) is 107 Å². The molecule has 3 fully saturated rings. The first-order valence-electron chi connectivity index (χ1n) is 17.5. The van der Waals surface area contributed by atoms with Gasteiger partial charge in [0.05, 0.1) is 21.9 Å². The number of nitrogens with zero attached hydrogens (tertiary/aromatic N) is 4. The molecule has 3 atom stereocenters. The fraction of sp³-hybridized carbons (Fsp3) is 0.556. The third-order valence-electron chi connectivity index (χ3n) is 11.8. The van der Waals surface area contributed by atoms with Crippen LogP contribution >= 0.6 is 31.9 Å². The Morgan fingerprint density at radius 2 is 1.64 bits per heavy atom. The Balaban J connectivity index is 1.32. The Labute approximate surface area is 309 Å². The van der Waals surface area contributed by atoms with E-state index in [0.29, 0.717) is 53.4 Å². The van der Waals surface area contributed by atoms with Crippen molar-refractivity contribution in [1.82, 2.24) is 14.7 Å². The Kier molecular flexibility index (Phi) is 11.2. The van der Waals surface area contributed by atoms with Gasteiger partial charge in [-0.2, -0.15) is 4.79 Å². The minimum atomic E-state index is -1.15. The zero-order valence-corrected chi connectivity index (χ0v) is 31.3. The maximum absolute atomic E-state index is 13.8. The molecular formula is C36H46Br2N5O7+. The summed E-state index contributed by atoms with van der Waals surface area (Å²) < 4.78 is 0.484. The van der Waals surface area contributed by atoms with Gasteiger partial charge in [-0.1, -0.05) is 18.2 Å². The lowest BCUT2D eigenvalue weighted by molar-refractivity contribution is -0.942. The van der Waals surface area contributed by atoms with Crippen molar-refractivity contribution in [3.63, 3.8) is 0 Å². The Hall–Kier alpha value is -3.04. The number of para-hydroxylation sites is 1. The lowest BCUT2D eigenvalue weighted by Gasteiger charge is -2.59. The van der Waals surface area contributed by atoms with Gasteiger partial charge >= 0.3 is 18.1 Å². The third kappa shape index (κ3) is 7.19. The van der Waals surface area contributed by atoms with Crippen molar-refractivity contribution in [2.24, 2.45) is 5.92 Å². The van der Waals surface area contributed by atoms with Crippen LogP contribution < -0.4 is 5.32 Å². The van der Waals surface area contributed by atoms with Crippen LogP contribution in [0.3, 0.4) is 0 Å². The summed E-state index contributed by atoms with van der Waals surface area (Å²) in [6, 6.07) is 11.0. The number of amides is 3. The van der Waals surface area contributed by atoms with E-state index in [1.165, 1.54) is 0 Å². The van der Waals surface area contributed by atoms with E-state index in [9.17, 15) is 34.5 Å². The predicted octanol–water partition coefficient (Wildman–Crippen LogP) is 6.10. The number of anilines is 1. The number of carbonyl (C=O) groups excluding carboxylic acids is 2. The second-order valence-electron chi connectivity index (χ2n) is 14.4. The number of quaternary nitrogens is 1. The maximum atomic E-state index is 13.8. The minimum absolute atomic E-state index is 0.0167. The highest BCUT2D eigenvalue weighted by Crippen LogP contribution is 2.47. The second-order valence-corrected chi connectivity index (χ2v) is 16.1. The number of piperidine rings is 3. The van der Waals surface area contributed by atoms with E-state index in [-0.39, 0.29) is 55.7 Å². The summed E-state index contributed by atoms with van der Waals surface area (Å²) in [6.07, 6.45) is 4.71. The molecule has 0 aliphatic carbocycles. The molecule has 4 N–H and O–H groups in total. The highest BCUT2D eigenvalue weighted by atomic mass is 79.9. The number of halogens is 2. The molecule has 0 aromatic heterocycles. The lowest BCUT2D eigenvalue weighted by atomic mass is 9.81. The minimum Gasteiger partial charge on any atom is -0.506 e. The number of hydrogen-bond donors (Lipinski definition) is 4. The molecule has 4 aliphatic rings. The van der Waals surface area contributed by atoms with E-state index in [4.69, 9.17) is 0 Å². The first kappa shape index (κ1) is 36.7. The number of fused-ring (bicyclic) bond motifs is 1. The Morgan fingerprint density at radius 1 is 0.960 bits per heavy atom. The van der Waals surface area contributed by atoms with Crippen LogP contribution in [0.5, 0.6) is 5.75 Å². The monoisotopic (exact) mass is 818 g/mol. The molecule has 4 heterocycles. The van der Waals surface area contributed by atoms with Crippen molar-refractivity contribution in [2.45, 2.75) is 82.1 Å². The number of aldehydes is 1.